The SMILES string of the molecule is CCn1c(C)c(C(=O)CN(CCN2CCOCC2)S(=O)(=O)CC)c(C)c1C(=O)OC. The van der Waals surface area contributed by atoms with Gasteiger partial charge >= 0.3 is 5.97 Å². The molecule has 10 heteroatoms. The van der Waals surface area contributed by atoms with E-state index in [1.54, 1.807) is 25.3 Å². The standard InChI is InChI=1S/C20H33N3O6S/c1-6-23-16(4)18(15(3)19(23)20(25)28-5)17(24)14-22(30(26,27)7-2)9-8-21-10-12-29-13-11-21/h6-14H2,1-5H3. The lowest BCUT2D eigenvalue weighted by Crippen LogP contribution is -2.45. The van der Waals surface area contributed by atoms with E-state index in [4.69, 9.17) is 9.47 Å². The van der Waals surface area contributed by atoms with Crippen LogP contribution in [0.25, 0.3) is 0 Å². The number of esters is 1. The molecule has 30 heavy (non-hydrogen) atoms. The summed E-state index contributed by atoms with van der Waals surface area (Å²) in [5.74, 6) is -0.909. The smallest absolute Gasteiger partial charge is 0.354 e. The number of carbonyl (C=O) groups excluding carboxylic acids is 2. The number of hydrogen-bond donors (Lipinski definition) is 0. The topological polar surface area (TPSA) is 98.2 Å². The van der Waals surface area contributed by atoms with Gasteiger partial charge in [-0.05, 0) is 33.3 Å². The van der Waals surface area contributed by atoms with Crippen LogP contribution in [0.5, 0.6) is 0 Å². The highest BCUT2D eigenvalue weighted by atomic mass is 32.2. The molecule has 0 unspecified atom stereocenters. The van der Waals surface area contributed by atoms with E-state index in [9.17, 15) is 18.0 Å². The average Bonchev–Trinajstić information content (AvgIpc) is 3.00. The van der Waals surface area contributed by atoms with E-state index in [-0.39, 0.29) is 24.6 Å². The van der Waals surface area contributed by atoms with Gasteiger partial charge in [-0.15, -0.1) is 0 Å². The van der Waals surface area contributed by atoms with Crippen molar-refractivity contribution in [1.82, 2.24) is 13.8 Å². The van der Waals surface area contributed by atoms with Crippen LogP contribution in [-0.2, 0) is 26.0 Å². The third-order valence-corrected chi connectivity index (χ3v) is 7.42. The molecular formula is C20H33N3O6S. The predicted molar refractivity (Wildman–Crippen MR) is 114 cm³/mol. The summed E-state index contributed by atoms with van der Waals surface area (Å²) in [6, 6.07) is 0. The van der Waals surface area contributed by atoms with E-state index in [0.717, 1.165) is 13.1 Å². The zero-order valence-corrected chi connectivity index (χ0v) is 19.4. The van der Waals surface area contributed by atoms with Gasteiger partial charge in [-0.1, -0.05) is 0 Å². The summed E-state index contributed by atoms with van der Waals surface area (Å²) >= 11 is 0. The normalized spacial score (nSPS) is 15.5. The molecule has 1 aromatic heterocycles. The first-order chi connectivity index (χ1) is 14.2. The highest BCUT2D eigenvalue weighted by Crippen LogP contribution is 2.24. The Kier molecular flexibility index (Phi) is 8.60. The summed E-state index contributed by atoms with van der Waals surface area (Å²) in [5, 5.41) is 0. The molecule has 0 aromatic carbocycles. The number of nitrogens with zero attached hydrogens (tertiary/aromatic N) is 3. The van der Waals surface area contributed by atoms with Crippen LogP contribution < -0.4 is 0 Å². The van der Waals surface area contributed by atoms with E-state index in [2.05, 4.69) is 4.90 Å². The lowest BCUT2D eigenvalue weighted by Gasteiger charge is -2.29. The van der Waals surface area contributed by atoms with Gasteiger partial charge in [0.1, 0.15) is 5.69 Å². The van der Waals surface area contributed by atoms with Gasteiger partial charge < -0.3 is 14.0 Å². The number of morpholine rings is 1. The number of hydrogen-bond acceptors (Lipinski definition) is 7. The van der Waals surface area contributed by atoms with Crippen LogP contribution in [0.4, 0.5) is 0 Å². The fraction of sp³-hybridized carbons (Fsp3) is 0.700. The third-order valence-electron chi connectivity index (χ3n) is 5.59. The Balaban J connectivity index is 2.28. The minimum atomic E-state index is -3.56. The van der Waals surface area contributed by atoms with E-state index < -0.39 is 16.0 Å². The van der Waals surface area contributed by atoms with Crippen LogP contribution in [0, 0.1) is 13.8 Å². The van der Waals surface area contributed by atoms with E-state index in [1.165, 1.54) is 11.4 Å². The second kappa shape index (κ2) is 10.5. The van der Waals surface area contributed by atoms with Crippen molar-refractivity contribution in [2.45, 2.75) is 34.2 Å². The molecule has 1 aliphatic rings. The van der Waals surface area contributed by atoms with Crippen molar-refractivity contribution >= 4 is 21.8 Å². The quantitative estimate of drug-likeness (QED) is 0.394. The fourth-order valence-corrected chi connectivity index (χ4v) is 4.92. The summed E-state index contributed by atoms with van der Waals surface area (Å²) < 4.78 is 38.5. The van der Waals surface area contributed by atoms with Crippen molar-refractivity contribution in [3.63, 3.8) is 0 Å². The first kappa shape index (κ1) is 24.5. The average molecular weight is 444 g/mol. The molecule has 0 atom stereocenters. The monoisotopic (exact) mass is 443 g/mol. The second-order valence-corrected chi connectivity index (χ2v) is 9.54. The molecule has 1 aliphatic heterocycles. The molecule has 1 fully saturated rings. The van der Waals surface area contributed by atoms with Crippen LogP contribution in [0.3, 0.4) is 0 Å². The summed E-state index contributed by atoms with van der Waals surface area (Å²) in [4.78, 5) is 27.6. The molecule has 0 radical (unpaired) electrons. The maximum Gasteiger partial charge on any atom is 0.354 e. The van der Waals surface area contributed by atoms with E-state index in [1.807, 2.05) is 6.92 Å². The van der Waals surface area contributed by atoms with Crippen LogP contribution in [0.1, 0.15) is 46.0 Å². The van der Waals surface area contributed by atoms with Crippen molar-refractivity contribution in [2.75, 3.05) is 58.8 Å². The van der Waals surface area contributed by atoms with Gasteiger partial charge in [0.05, 0.1) is 32.6 Å². The molecule has 0 saturated carbocycles. The predicted octanol–water partition coefficient (Wildman–Crippen LogP) is 1.08. The lowest BCUT2D eigenvalue weighted by molar-refractivity contribution is 0.0362. The molecule has 2 rings (SSSR count). The molecule has 2 heterocycles. The van der Waals surface area contributed by atoms with Crippen molar-refractivity contribution < 1.29 is 27.5 Å². The Bertz CT molecular complexity index is 872. The third kappa shape index (κ3) is 5.29. The zero-order valence-electron chi connectivity index (χ0n) is 18.6. The summed E-state index contributed by atoms with van der Waals surface area (Å²) in [7, 11) is -2.27. The van der Waals surface area contributed by atoms with Gasteiger partial charge in [0.25, 0.3) is 0 Å². The number of ketones is 1. The number of ether oxygens (including phenoxy) is 2. The molecule has 1 aromatic rings. The maximum absolute atomic E-state index is 13.2. The highest BCUT2D eigenvalue weighted by Gasteiger charge is 2.30. The number of sulfonamides is 1. The number of rotatable bonds is 10. The number of methoxy groups -OCH3 is 1. The molecule has 0 aliphatic carbocycles. The largest absolute Gasteiger partial charge is 0.464 e. The van der Waals surface area contributed by atoms with E-state index in [0.29, 0.717) is 48.8 Å². The lowest BCUT2D eigenvalue weighted by atomic mass is 10.1. The minimum absolute atomic E-state index is 0.0786. The Morgan fingerprint density at radius 2 is 1.80 bits per heavy atom. The van der Waals surface area contributed by atoms with Crippen LogP contribution in [0.2, 0.25) is 0 Å². The fourth-order valence-electron chi connectivity index (χ4n) is 3.88. The molecule has 0 amide bonds. The molecule has 0 spiro atoms. The molecule has 0 bridgehead atoms. The number of Topliss-reactive ketones (excluding diaryl/α,β-unsaturated/α-hetero) is 1. The van der Waals surface area contributed by atoms with Crippen LogP contribution in [-0.4, -0.2) is 92.7 Å². The Labute approximate surface area is 179 Å². The van der Waals surface area contributed by atoms with Crippen molar-refractivity contribution in [2.24, 2.45) is 0 Å². The summed E-state index contributed by atoms with van der Waals surface area (Å²) in [5.41, 5.74) is 1.88. The van der Waals surface area contributed by atoms with Crippen molar-refractivity contribution in [3.8, 4) is 0 Å². The molecular weight excluding hydrogens is 410 g/mol. The van der Waals surface area contributed by atoms with E-state index >= 15 is 0 Å². The molecule has 9 nitrogen and oxygen atoms in total. The highest BCUT2D eigenvalue weighted by molar-refractivity contribution is 7.89. The first-order valence-corrected chi connectivity index (χ1v) is 11.9. The van der Waals surface area contributed by atoms with Gasteiger partial charge in [0, 0.05) is 44.0 Å². The molecule has 170 valence electrons. The van der Waals surface area contributed by atoms with Gasteiger partial charge in [-0.3, -0.25) is 9.69 Å². The number of aromatic nitrogens is 1. The van der Waals surface area contributed by atoms with Crippen molar-refractivity contribution in [3.05, 3.63) is 22.5 Å². The van der Waals surface area contributed by atoms with Crippen LogP contribution in [0.15, 0.2) is 0 Å². The van der Waals surface area contributed by atoms with Crippen LogP contribution >= 0.6 is 0 Å². The second-order valence-electron chi connectivity index (χ2n) is 7.28. The first-order valence-electron chi connectivity index (χ1n) is 10.3. The Hall–Kier alpha value is -1.75. The molecule has 0 N–H and O–H groups in total. The zero-order chi connectivity index (χ0) is 22.5. The molecule has 1 saturated heterocycles. The van der Waals surface area contributed by atoms with Gasteiger partial charge in [0.2, 0.25) is 10.0 Å². The summed E-state index contributed by atoms with van der Waals surface area (Å²) in [6.07, 6.45) is 0. The van der Waals surface area contributed by atoms with Gasteiger partial charge in [-0.2, -0.15) is 4.31 Å². The van der Waals surface area contributed by atoms with Crippen molar-refractivity contribution in [1.29, 1.82) is 0 Å². The Morgan fingerprint density at radius 3 is 2.33 bits per heavy atom. The van der Waals surface area contributed by atoms with Gasteiger partial charge in [0.15, 0.2) is 5.78 Å². The summed E-state index contributed by atoms with van der Waals surface area (Å²) in [6.45, 7) is 10.7. The number of carbonyl (C=O) groups is 2. The Morgan fingerprint density at radius 1 is 1.17 bits per heavy atom. The van der Waals surface area contributed by atoms with Gasteiger partial charge in [-0.25, -0.2) is 13.2 Å². The maximum atomic E-state index is 13.2. The minimum Gasteiger partial charge on any atom is -0.464 e.